The van der Waals surface area contributed by atoms with Crippen LogP contribution in [0.3, 0.4) is 0 Å². The molecule has 5 nitrogen and oxygen atoms in total. The maximum Gasteiger partial charge on any atom is 0.313 e. The molecule has 1 unspecified atom stereocenters. The normalized spacial score (nSPS) is 20.9. The van der Waals surface area contributed by atoms with Gasteiger partial charge in [0.2, 0.25) is 0 Å². The van der Waals surface area contributed by atoms with Crippen LogP contribution in [-0.4, -0.2) is 40.5 Å². The molecule has 1 saturated heterocycles. The minimum absolute atomic E-state index is 0.0613. The van der Waals surface area contributed by atoms with Gasteiger partial charge < -0.3 is 9.72 Å². The third-order valence-electron chi connectivity index (χ3n) is 5.30. The molecule has 3 rings (SSSR count). The Morgan fingerprint density at radius 3 is 2.85 bits per heavy atom. The van der Waals surface area contributed by atoms with Crippen LogP contribution in [0.25, 0.3) is 0 Å². The Morgan fingerprint density at radius 1 is 1.35 bits per heavy atom. The van der Waals surface area contributed by atoms with Gasteiger partial charge in [-0.3, -0.25) is 9.69 Å². The quantitative estimate of drug-likeness (QED) is 0.807. The molecule has 2 aromatic rings. The molecule has 1 fully saturated rings. The van der Waals surface area contributed by atoms with Gasteiger partial charge in [-0.05, 0) is 57.7 Å². The van der Waals surface area contributed by atoms with Crippen molar-refractivity contribution < 1.29 is 9.53 Å². The number of carbonyl (C=O) groups is 1. The van der Waals surface area contributed by atoms with Crippen molar-refractivity contribution in [2.45, 2.75) is 46.6 Å². The monoisotopic (exact) mass is 355 g/mol. The van der Waals surface area contributed by atoms with E-state index in [9.17, 15) is 4.79 Å². The Kier molecular flexibility index (Phi) is 5.77. The Morgan fingerprint density at radius 2 is 2.15 bits per heavy atom. The van der Waals surface area contributed by atoms with Crippen LogP contribution in [0.15, 0.2) is 30.5 Å². The second kappa shape index (κ2) is 8.04. The summed E-state index contributed by atoms with van der Waals surface area (Å²) in [4.78, 5) is 22.9. The Bertz CT molecular complexity index is 755. The number of H-pyrrole nitrogens is 1. The number of aromatic nitrogens is 2. The molecule has 1 atom stereocenters. The molecule has 0 bridgehead atoms. The van der Waals surface area contributed by atoms with Crippen molar-refractivity contribution in [2.75, 3.05) is 19.7 Å². The summed E-state index contributed by atoms with van der Waals surface area (Å²) >= 11 is 0. The van der Waals surface area contributed by atoms with Gasteiger partial charge in [0.1, 0.15) is 5.82 Å². The second-order valence-electron chi connectivity index (χ2n) is 7.41. The summed E-state index contributed by atoms with van der Waals surface area (Å²) in [5.74, 6) is 0.863. The van der Waals surface area contributed by atoms with Gasteiger partial charge >= 0.3 is 5.97 Å². The highest BCUT2D eigenvalue weighted by Gasteiger charge is 2.43. The number of nitrogens with zero attached hydrogens (tertiary/aromatic N) is 2. The van der Waals surface area contributed by atoms with Crippen LogP contribution in [-0.2, 0) is 22.5 Å². The van der Waals surface area contributed by atoms with E-state index in [-0.39, 0.29) is 5.97 Å². The van der Waals surface area contributed by atoms with Crippen LogP contribution in [0.4, 0.5) is 0 Å². The topological polar surface area (TPSA) is 58.2 Å². The number of likely N-dealkylation sites (tertiary alicyclic amines) is 1. The highest BCUT2D eigenvalue weighted by Crippen LogP contribution is 2.36. The molecule has 0 spiro atoms. The number of aryl methyl sites for hydroxylation is 2. The van der Waals surface area contributed by atoms with E-state index in [1.165, 1.54) is 11.1 Å². The van der Waals surface area contributed by atoms with Crippen LogP contribution in [0, 0.1) is 19.3 Å². The average Bonchev–Trinajstić information content (AvgIpc) is 3.02. The van der Waals surface area contributed by atoms with E-state index in [0.717, 1.165) is 50.4 Å². The van der Waals surface area contributed by atoms with Gasteiger partial charge in [0.25, 0.3) is 0 Å². The third-order valence-corrected chi connectivity index (χ3v) is 5.30. The van der Waals surface area contributed by atoms with Gasteiger partial charge in [0.05, 0.1) is 12.0 Å². The molecule has 5 heteroatoms. The molecule has 1 aliphatic heterocycles. The van der Waals surface area contributed by atoms with Crippen LogP contribution in [0.1, 0.15) is 42.4 Å². The summed E-state index contributed by atoms with van der Waals surface area (Å²) in [7, 11) is 0. The number of piperidine rings is 1. The smallest absolute Gasteiger partial charge is 0.313 e. The predicted octanol–water partition coefficient (Wildman–Crippen LogP) is 3.41. The number of hydrogen-bond donors (Lipinski definition) is 1. The lowest BCUT2D eigenvalue weighted by Crippen LogP contribution is -2.49. The van der Waals surface area contributed by atoms with Crippen molar-refractivity contribution in [1.82, 2.24) is 14.9 Å². The largest absolute Gasteiger partial charge is 0.466 e. The number of rotatable bonds is 6. The number of ether oxygens (including phenoxy) is 1. The zero-order valence-electron chi connectivity index (χ0n) is 16.0. The number of imidazole rings is 1. The summed E-state index contributed by atoms with van der Waals surface area (Å²) in [5.41, 5.74) is 3.09. The summed E-state index contributed by atoms with van der Waals surface area (Å²) in [5, 5.41) is 0. The fourth-order valence-corrected chi connectivity index (χ4v) is 4.00. The minimum Gasteiger partial charge on any atom is -0.466 e. The zero-order chi connectivity index (χ0) is 18.6. The summed E-state index contributed by atoms with van der Waals surface area (Å²) < 4.78 is 5.51. The molecule has 26 heavy (non-hydrogen) atoms. The first-order chi connectivity index (χ1) is 12.5. The fraction of sp³-hybridized carbons (Fsp3) is 0.524. The summed E-state index contributed by atoms with van der Waals surface area (Å²) in [6.07, 6.45) is 4.49. The zero-order valence-corrected chi connectivity index (χ0v) is 16.0. The number of hydrogen-bond acceptors (Lipinski definition) is 4. The van der Waals surface area contributed by atoms with Gasteiger partial charge in [-0.15, -0.1) is 0 Å². The van der Waals surface area contributed by atoms with Crippen molar-refractivity contribution in [3.05, 3.63) is 53.1 Å². The number of carbonyl (C=O) groups excluding carboxylic acids is 1. The third kappa shape index (κ3) is 4.15. The number of aromatic amines is 1. The molecular weight excluding hydrogens is 326 g/mol. The Hall–Kier alpha value is -2.14. The predicted molar refractivity (Wildman–Crippen MR) is 102 cm³/mol. The van der Waals surface area contributed by atoms with Gasteiger partial charge in [-0.2, -0.15) is 0 Å². The molecule has 1 aliphatic rings. The fourth-order valence-electron chi connectivity index (χ4n) is 4.00. The summed E-state index contributed by atoms with van der Waals surface area (Å²) in [6.45, 7) is 8.88. The molecule has 0 amide bonds. The number of esters is 1. The van der Waals surface area contributed by atoms with Crippen molar-refractivity contribution in [2.24, 2.45) is 5.41 Å². The van der Waals surface area contributed by atoms with Gasteiger partial charge in [-0.25, -0.2) is 4.98 Å². The van der Waals surface area contributed by atoms with Crippen molar-refractivity contribution >= 4 is 5.97 Å². The van der Waals surface area contributed by atoms with E-state index in [2.05, 4.69) is 40.0 Å². The molecular formula is C21H29N3O2. The van der Waals surface area contributed by atoms with Crippen molar-refractivity contribution in [3.8, 4) is 0 Å². The van der Waals surface area contributed by atoms with Crippen LogP contribution < -0.4 is 0 Å². The number of nitrogens with one attached hydrogen (secondary N) is 1. The van der Waals surface area contributed by atoms with Crippen molar-refractivity contribution in [3.63, 3.8) is 0 Å². The van der Waals surface area contributed by atoms with E-state index in [0.29, 0.717) is 6.61 Å². The van der Waals surface area contributed by atoms with Crippen LogP contribution >= 0.6 is 0 Å². The highest BCUT2D eigenvalue weighted by atomic mass is 16.5. The summed E-state index contributed by atoms with van der Waals surface area (Å²) in [6, 6.07) is 8.34. The first-order valence-electron chi connectivity index (χ1n) is 9.47. The molecule has 140 valence electrons. The lowest BCUT2D eigenvalue weighted by atomic mass is 9.74. The minimum atomic E-state index is -0.477. The van der Waals surface area contributed by atoms with E-state index in [1.54, 1.807) is 0 Å². The molecule has 0 aliphatic carbocycles. The maximum atomic E-state index is 13.0. The van der Waals surface area contributed by atoms with Gasteiger partial charge in [0.15, 0.2) is 0 Å². The van der Waals surface area contributed by atoms with Crippen LogP contribution in [0.2, 0.25) is 0 Å². The highest BCUT2D eigenvalue weighted by molar-refractivity contribution is 5.78. The van der Waals surface area contributed by atoms with Crippen molar-refractivity contribution in [1.29, 1.82) is 0 Å². The number of benzene rings is 1. The van der Waals surface area contributed by atoms with Crippen LogP contribution in [0.5, 0.6) is 0 Å². The standard InChI is InChI=1S/C21H29N3O2/c1-4-26-20(25)21(12-18-9-6-5-8-16(18)2)10-7-11-24(15-21)14-19-13-22-17(3)23-19/h5-6,8-9,13H,4,7,10-12,14-15H2,1-3H3,(H,22,23). The lowest BCUT2D eigenvalue weighted by molar-refractivity contribution is -0.159. The SMILES string of the molecule is CCOC(=O)C1(Cc2ccccc2C)CCCN(Cc2cnc(C)[nH]2)C1. The average molecular weight is 355 g/mol. The molecule has 0 radical (unpaired) electrons. The molecule has 0 saturated carbocycles. The van der Waals surface area contributed by atoms with E-state index in [4.69, 9.17) is 4.74 Å². The molecule has 1 aromatic carbocycles. The maximum absolute atomic E-state index is 13.0. The lowest BCUT2D eigenvalue weighted by Gasteiger charge is -2.41. The van der Waals surface area contributed by atoms with E-state index >= 15 is 0 Å². The molecule has 2 heterocycles. The molecule has 1 aromatic heterocycles. The Labute approximate surface area is 155 Å². The first-order valence-corrected chi connectivity index (χ1v) is 9.47. The van der Waals surface area contributed by atoms with E-state index in [1.807, 2.05) is 26.1 Å². The van der Waals surface area contributed by atoms with E-state index < -0.39 is 5.41 Å². The second-order valence-corrected chi connectivity index (χ2v) is 7.41. The Balaban J connectivity index is 1.82. The first kappa shape index (κ1) is 18.6. The molecule has 1 N–H and O–H groups in total. The van der Waals surface area contributed by atoms with Gasteiger partial charge in [0, 0.05) is 25.0 Å². The van der Waals surface area contributed by atoms with Gasteiger partial charge in [-0.1, -0.05) is 24.3 Å².